The van der Waals surface area contributed by atoms with Crippen LogP contribution in [0.4, 0.5) is 0 Å². The lowest BCUT2D eigenvalue weighted by Crippen LogP contribution is -2.27. The van der Waals surface area contributed by atoms with Gasteiger partial charge in [-0.2, -0.15) is 0 Å². The van der Waals surface area contributed by atoms with E-state index in [2.05, 4.69) is 0 Å². The van der Waals surface area contributed by atoms with Gasteiger partial charge in [0.1, 0.15) is 11.5 Å². The maximum Gasteiger partial charge on any atom is 0.344 e. The van der Waals surface area contributed by atoms with Gasteiger partial charge in [-0.25, -0.2) is 4.79 Å². The van der Waals surface area contributed by atoms with Gasteiger partial charge in [0.05, 0.1) is 7.11 Å². The molecule has 0 aromatic heterocycles. The molecule has 0 amide bonds. The molecule has 2 rings (SSSR count). The van der Waals surface area contributed by atoms with Crippen LogP contribution in [0.3, 0.4) is 0 Å². The maximum absolute atomic E-state index is 12.4. The summed E-state index contributed by atoms with van der Waals surface area (Å²) in [5.74, 6) is 0.384. The van der Waals surface area contributed by atoms with Gasteiger partial charge < -0.3 is 14.2 Å². The quantitative estimate of drug-likeness (QED) is 0.569. The SMILES string of the molecule is COc1ccc(OCC(=O)O[C@@H](C)C(=O)c2ccc(C)c(C)c2)cc1. The molecule has 1 atom stereocenters. The summed E-state index contributed by atoms with van der Waals surface area (Å²) in [6, 6.07) is 12.3. The molecule has 5 nitrogen and oxygen atoms in total. The van der Waals surface area contributed by atoms with E-state index in [0.717, 1.165) is 11.1 Å². The molecule has 0 N–H and O–H groups in total. The maximum atomic E-state index is 12.4. The van der Waals surface area contributed by atoms with Crippen molar-refractivity contribution in [3.63, 3.8) is 0 Å². The lowest BCUT2D eigenvalue weighted by atomic mass is 10.0. The Morgan fingerprint density at radius 2 is 1.60 bits per heavy atom. The molecular weight excluding hydrogens is 320 g/mol. The summed E-state index contributed by atoms with van der Waals surface area (Å²) >= 11 is 0. The summed E-state index contributed by atoms with van der Waals surface area (Å²) in [6.07, 6.45) is -0.867. The van der Waals surface area contributed by atoms with Crippen LogP contribution in [-0.2, 0) is 9.53 Å². The standard InChI is InChI=1S/C20H22O5/c1-13-5-6-16(11-14(13)2)20(22)15(3)25-19(21)12-24-18-9-7-17(23-4)8-10-18/h5-11,15H,12H2,1-4H3/t15-/m0/s1. The second kappa shape index (κ2) is 8.33. The third-order valence-electron chi connectivity index (χ3n) is 3.88. The third-order valence-corrected chi connectivity index (χ3v) is 3.88. The van der Waals surface area contributed by atoms with E-state index in [-0.39, 0.29) is 12.4 Å². The van der Waals surface area contributed by atoms with Crippen LogP contribution in [0.5, 0.6) is 11.5 Å². The first-order valence-electron chi connectivity index (χ1n) is 7.98. The molecule has 0 saturated carbocycles. The van der Waals surface area contributed by atoms with Crippen LogP contribution >= 0.6 is 0 Å². The van der Waals surface area contributed by atoms with Crippen molar-refractivity contribution in [2.24, 2.45) is 0 Å². The van der Waals surface area contributed by atoms with Gasteiger partial charge in [-0.05, 0) is 62.2 Å². The summed E-state index contributed by atoms with van der Waals surface area (Å²) in [6.45, 7) is 5.20. The van der Waals surface area contributed by atoms with E-state index in [1.807, 2.05) is 19.9 Å². The highest BCUT2D eigenvalue weighted by molar-refractivity contribution is 6.00. The predicted molar refractivity (Wildman–Crippen MR) is 94.3 cm³/mol. The van der Waals surface area contributed by atoms with Crippen molar-refractivity contribution in [1.29, 1.82) is 0 Å². The summed E-state index contributed by atoms with van der Waals surface area (Å²) in [4.78, 5) is 24.2. The van der Waals surface area contributed by atoms with Crippen LogP contribution < -0.4 is 9.47 Å². The van der Waals surface area contributed by atoms with E-state index < -0.39 is 12.1 Å². The lowest BCUT2D eigenvalue weighted by molar-refractivity contribution is -0.148. The van der Waals surface area contributed by atoms with Crippen LogP contribution in [0.1, 0.15) is 28.4 Å². The fourth-order valence-corrected chi connectivity index (χ4v) is 2.23. The second-order valence-corrected chi connectivity index (χ2v) is 5.76. The third kappa shape index (κ3) is 5.08. The Bertz CT molecular complexity index is 749. The number of hydrogen-bond donors (Lipinski definition) is 0. The van der Waals surface area contributed by atoms with Gasteiger partial charge >= 0.3 is 5.97 Å². The molecule has 0 saturated heterocycles. The molecule has 0 aliphatic heterocycles. The van der Waals surface area contributed by atoms with Crippen molar-refractivity contribution >= 4 is 11.8 Å². The van der Waals surface area contributed by atoms with E-state index in [0.29, 0.717) is 17.1 Å². The monoisotopic (exact) mass is 342 g/mol. The summed E-state index contributed by atoms with van der Waals surface area (Å²) in [5, 5.41) is 0. The summed E-state index contributed by atoms with van der Waals surface area (Å²) < 4.78 is 15.6. The number of benzene rings is 2. The zero-order valence-corrected chi connectivity index (χ0v) is 14.9. The van der Waals surface area contributed by atoms with E-state index in [1.54, 1.807) is 50.4 Å². The molecule has 25 heavy (non-hydrogen) atoms. The topological polar surface area (TPSA) is 61.8 Å². The molecule has 0 unspecified atom stereocenters. The minimum Gasteiger partial charge on any atom is -0.497 e. The molecule has 0 bridgehead atoms. The Morgan fingerprint density at radius 3 is 2.20 bits per heavy atom. The first kappa shape index (κ1) is 18.5. The van der Waals surface area contributed by atoms with E-state index in [4.69, 9.17) is 14.2 Å². The highest BCUT2D eigenvalue weighted by atomic mass is 16.6. The largest absolute Gasteiger partial charge is 0.497 e. The lowest BCUT2D eigenvalue weighted by Gasteiger charge is -2.13. The number of ketones is 1. The van der Waals surface area contributed by atoms with Crippen LogP contribution in [-0.4, -0.2) is 31.6 Å². The Kier molecular flexibility index (Phi) is 6.17. The van der Waals surface area contributed by atoms with Gasteiger partial charge in [-0.1, -0.05) is 12.1 Å². The fourth-order valence-electron chi connectivity index (χ4n) is 2.23. The van der Waals surface area contributed by atoms with Crippen LogP contribution in [0.15, 0.2) is 42.5 Å². The van der Waals surface area contributed by atoms with Gasteiger partial charge in [0.15, 0.2) is 12.7 Å². The predicted octanol–water partition coefficient (Wildman–Crippen LogP) is 3.51. The number of ether oxygens (including phenoxy) is 3. The van der Waals surface area contributed by atoms with Gasteiger partial charge in [0, 0.05) is 5.56 Å². The first-order valence-corrected chi connectivity index (χ1v) is 7.98. The Labute approximate surface area is 147 Å². The average molecular weight is 342 g/mol. The number of Topliss-reactive ketones (excluding diaryl/α,β-unsaturated/α-hetero) is 1. The normalized spacial score (nSPS) is 11.5. The minimum atomic E-state index is -0.867. The Morgan fingerprint density at radius 1 is 0.960 bits per heavy atom. The Hall–Kier alpha value is -2.82. The number of aryl methyl sites for hydroxylation is 2. The van der Waals surface area contributed by atoms with Crippen molar-refractivity contribution in [2.45, 2.75) is 26.9 Å². The minimum absolute atomic E-state index is 0.235. The van der Waals surface area contributed by atoms with Crippen LogP contribution in [0.25, 0.3) is 0 Å². The van der Waals surface area contributed by atoms with Crippen molar-refractivity contribution in [2.75, 3.05) is 13.7 Å². The van der Waals surface area contributed by atoms with Crippen LogP contribution in [0.2, 0.25) is 0 Å². The van der Waals surface area contributed by atoms with Crippen molar-refractivity contribution in [3.05, 3.63) is 59.2 Å². The van der Waals surface area contributed by atoms with Crippen molar-refractivity contribution in [3.8, 4) is 11.5 Å². The number of carbonyl (C=O) groups is 2. The van der Waals surface area contributed by atoms with Crippen molar-refractivity contribution in [1.82, 2.24) is 0 Å². The zero-order valence-electron chi connectivity index (χ0n) is 14.9. The zero-order chi connectivity index (χ0) is 18.4. The molecule has 0 fully saturated rings. The molecular formula is C20H22O5. The molecule has 0 aliphatic carbocycles. The molecule has 2 aromatic rings. The van der Waals surface area contributed by atoms with Gasteiger partial charge in [-0.15, -0.1) is 0 Å². The second-order valence-electron chi connectivity index (χ2n) is 5.76. The van der Waals surface area contributed by atoms with Gasteiger partial charge in [-0.3, -0.25) is 4.79 Å². The van der Waals surface area contributed by atoms with Gasteiger partial charge in [0.2, 0.25) is 5.78 Å². The van der Waals surface area contributed by atoms with Crippen molar-refractivity contribution < 1.29 is 23.8 Å². The molecule has 132 valence electrons. The van der Waals surface area contributed by atoms with E-state index >= 15 is 0 Å². The van der Waals surface area contributed by atoms with E-state index in [1.165, 1.54) is 0 Å². The van der Waals surface area contributed by atoms with E-state index in [9.17, 15) is 9.59 Å². The smallest absolute Gasteiger partial charge is 0.344 e. The fraction of sp³-hybridized carbons (Fsp3) is 0.300. The summed E-state index contributed by atoms with van der Waals surface area (Å²) in [5.41, 5.74) is 2.65. The average Bonchev–Trinajstić information content (AvgIpc) is 2.62. The highest BCUT2D eigenvalue weighted by Crippen LogP contribution is 2.17. The number of carbonyl (C=O) groups excluding carboxylic acids is 2. The Balaban J connectivity index is 1.88. The molecule has 0 spiro atoms. The number of rotatable bonds is 7. The molecule has 0 radical (unpaired) electrons. The first-order chi connectivity index (χ1) is 11.9. The summed E-state index contributed by atoms with van der Waals surface area (Å²) in [7, 11) is 1.57. The molecule has 2 aromatic carbocycles. The van der Waals surface area contributed by atoms with Gasteiger partial charge in [0.25, 0.3) is 0 Å². The highest BCUT2D eigenvalue weighted by Gasteiger charge is 2.20. The van der Waals surface area contributed by atoms with Crippen LogP contribution in [0, 0.1) is 13.8 Å². The molecule has 5 heteroatoms. The molecule has 0 heterocycles. The number of esters is 1. The molecule has 0 aliphatic rings. The number of hydrogen-bond acceptors (Lipinski definition) is 5. The number of methoxy groups -OCH3 is 1.